The predicted molar refractivity (Wildman–Crippen MR) is 95.0 cm³/mol. The minimum atomic E-state index is -0.195. The van der Waals surface area contributed by atoms with Gasteiger partial charge in [0.15, 0.2) is 5.69 Å². The summed E-state index contributed by atoms with van der Waals surface area (Å²) in [6, 6.07) is 13.7. The lowest BCUT2D eigenvalue weighted by Crippen LogP contribution is -2.40. The molecular weight excluding hydrogens is 320 g/mol. The highest BCUT2D eigenvalue weighted by Crippen LogP contribution is 2.30. The van der Waals surface area contributed by atoms with Crippen molar-refractivity contribution in [1.82, 2.24) is 15.5 Å². The number of hydrogen-bond acceptors (Lipinski definition) is 4. The van der Waals surface area contributed by atoms with Gasteiger partial charge in [0.05, 0.1) is 22.7 Å². The first kappa shape index (κ1) is 15.1. The fourth-order valence-corrected chi connectivity index (χ4v) is 3.99. The normalized spacial score (nSPS) is 19.2. The molecule has 0 bridgehead atoms. The molecule has 4 rings (SSSR count). The molecule has 6 heteroatoms. The Morgan fingerprint density at radius 2 is 2.17 bits per heavy atom. The largest absolute Gasteiger partial charge is 0.346 e. The highest BCUT2D eigenvalue weighted by atomic mass is 32.1. The molecule has 0 unspecified atom stereocenters. The smallest absolute Gasteiger partial charge is 0.272 e. The van der Waals surface area contributed by atoms with Crippen LogP contribution in [0.1, 0.15) is 32.5 Å². The van der Waals surface area contributed by atoms with Crippen LogP contribution in [0.15, 0.2) is 42.5 Å². The number of rotatable bonds is 3. The third-order valence-electron chi connectivity index (χ3n) is 4.42. The van der Waals surface area contributed by atoms with Gasteiger partial charge >= 0.3 is 0 Å². The van der Waals surface area contributed by atoms with E-state index in [4.69, 9.17) is 5.73 Å². The van der Waals surface area contributed by atoms with Crippen LogP contribution in [0.5, 0.6) is 0 Å². The van der Waals surface area contributed by atoms with Crippen molar-refractivity contribution < 1.29 is 4.79 Å². The Morgan fingerprint density at radius 3 is 2.92 bits per heavy atom. The van der Waals surface area contributed by atoms with E-state index in [2.05, 4.69) is 34.6 Å². The average Bonchev–Trinajstić information content (AvgIpc) is 3.28. The molecule has 1 aliphatic rings. The number of nitrogens with zero attached hydrogens (tertiary/aromatic N) is 1. The van der Waals surface area contributed by atoms with Crippen LogP contribution in [-0.4, -0.2) is 22.1 Å². The molecule has 0 radical (unpaired) electrons. The summed E-state index contributed by atoms with van der Waals surface area (Å²) >= 11 is 1.67. The highest BCUT2D eigenvalue weighted by Gasteiger charge is 2.31. The summed E-state index contributed by atoms with van der Waals surface area (Å²) in [6.45, 7) is 2.05. The lowest BCUT2D eigenvalue weighted by molar-refractivity contribution is 0.0928. The van der Waals surface area contributed by atoms with Gasteiger partial charge in [-0.2, -0.15) is 5.10 Å². The first-order chi connectivity index (χ1) is 11.6. The van der Waals surface area contributed by atoms with Crippen LogP contribution in [0.2, 0.25) is 0 Å². The molecular formula is C18H18N4OS. The minimum Gasteiger partial charge on any atom is -0.346 e. The molecule has 1 aliphatic carbocycles. The van der Waals surface area contributed by atoms with Crippen molar-refractivity contribution in [3.05, 3.63) is 64.2 Å². The van der Waals surface area contributed by atoms with Gasteiger partial charge in [0.25, 0.3) is 5.91 Å². The zero-order valence-corrected chi connectivity index (χ0v) is 14.1. The lowest BCUT2D eigenvalue weighted by Gasteiger charge is -2.17. The SMILES string of the molecule is Cc1ccc(-c2cc(C(=O)N[C@H]3Cc4ccccc4[C@@H]3N)n[nH]2)s1. The predicted octanol–water partition coefficient (Wildman–Crippen LogP) is 2.80. The van der Waals surface area contributed by atoms with Gasteiger partial charge in [0.2, 0.25) is 0 Å². The molecule has 1 aromatic carbocycles. The van der Waals surface area contributed by atoms with Crippen molar-refractivity contribution in [2.75, 3.05) is 0 Å². The lowest BCUT2D eigenvalue weighted by atomic mass is 10.1. The van der Waals surface area contributed by atoms with E-state index in [-0.39, 0.29) is 18.0 Å². The van der Waals surface area contributed by atoms with Gasteiger partial charge in [-0.3, -0.25) is 9.89 Å². The second-order valence-electron chi connectivity index (χ2n) is 6.09. The number of aromatic nitrogens is 2. The van der Waals surface area contributed by atoms with E-state index >= 15 is 0 Å². The monoisotopic (exact) mass is 338 g/mol. The molecule has 2 heterocycles. The van der Waals surface area contributed by atoms with Gasteiger partial charge in [-0.25, -0.2) is 0 Å². The van der Waals surface area contributed by atoms with Crippen LogP contribution in [-0.2, 0) is 6.42 Å². The standard InChI is InChI=1S/C18H18N4OS/c1-10-6-7-16(24-10)13-9-15(22-21-13)18(23)20-14-8-11-4-2-3-5-12(11)17(14)19/h2-7,9,14,17H,8,19H2,1H3,(H,20,23)(H,21,22)/t14-,17-/m0/s1. The Labute approximate surface area is 143 Å². The van der Waals surface area contributed by atoms with Crippen molar-refractivity contribution in [3.63, 3.8) is 0 Å². The second-order valence-corrected chi connectivity index (χ2v) is 7.37. The zero-order valence-electron chi connectivity index (χ0n) is 13.2. The second kappa shape index (κ2) is 5.89. The molecule has 4 N–H and O–H groups in total. The fraction of sp³-hybridized carbons (Fsp3) is 0.222. The maximum absolute atomic E-state index is 12.5. The number of nitrogens with one attached hydrogen (secondary N) is 2. The highest BCUT2D eigenvalue weighted by molar-refractivity contribution is 7.15. The van der Waals surface area contributed by atoms with Crippen LogP contribution in [0.25, 0.3) is 10.6 Å². The van der Waals surface area contributed by atoms with Crippen molar-refractivity contribution in [1.29, 1.82) is 0 Å². The Balaban J connectivity index is 1.49. The van der Waals surface area contributed by atoms with Crippen molar-refractivity contribution in [3.8, 4) is 10.6 Å². The van der Waals surface area contributed by atoms with Crippen molar-refractivity contribution in [2.45, 2.75) is 25.4 Å². The van der Waals surface area contributed by atoms with E-state index in [0.29, 0.717) is 5.69 Å². The number of amides is 1. The molecule has 0 saturated heterocycles. The van der Waals surface area contributed by atoms with Crippen molar-refractivity contribution in [2.24, 2.45) is 5.73 Å². The Hall–Kier alpha value is -2.44. The van der Waals surface area contributed by atoms with E-state index in [9.17, 15) is 4.79 Å². The Kier molecular flexibility index (Phi) is 3.70. The summed E-state index contributed by atoms with van der Waals surface area (Å²) in [6.07, 6.45) is 0.754. The van der Waals surface area contributed by atoms with E-state index < -0.39 is 0 Å². The number of benzene rings is 1. The zero-order chi connectivity index (χ0) is 16.7. The molecule has 2 aromatic heterocycles. The van der Waals surface area contributed by atoms with Gasteiger partial charge in [0, 0.05) is 4.88 Å². The number of hydrogen-bond donors (Lipinski definition) is 3. The van der Waals surface area contributed by atoms with E-state index in [1.807, 2.05) is 24.3 Å². The van der Waals surface area contributed by atoms with Crippen LogP contribution in [0, 0.1) is 6.92 Å². The van der Waals surface area contributed by atoms with Crippen LogP contribution < -0.4 is 11.1 Å². The van der Waals surface area contributed by atoms with Gasteiger partial charge in [-0.05, 0) is 42.7 Å². The first-order valence-corrected chi connectivity index (χ1v) is 8.70. The summed E-state index contributed by atoms with van der Waals surface area (Å²) in [7, 11) is 0. The average molecular weight is 338 g/mol. The number of thiophene rings is 1. The number of aryl methyl sites for hydroxylation is 1. The first-order valence-electron chi connectivity index (χ1n) is 7.88. The summed E-state index contributed by atoms with van der Waals surface area (Å²) in [5.74, 6) is -0.195. The molecule has 0 fully saturated rings. The van der Waals surface area contributed by atoms with Gasteiger partial charge in [-0.1, -0.05) is 24.3 Å². The van der Waals surface area contributed by atoms with Crippen molar-refractivity contribution >= 4 is 17.2 Å². The molecule has 2 atom stereocenters. The summed E-state index contributed by atoms with van der Waals surface area (Å²) in [5.41, 5.74) is 9.83. The minimum absolute atomic E-state index is 0.0981. The third-order valence-corrected chi connectivity index (χ3v) is 5.45. The number of carbonyl (C=O) groups is 1. The number of aromatic amines is 1. The van der Waals surface area contributed by atoms with Crippen LogP contribution >= 0.6 is 11.3 Å². The summed E-state index contributed by atoms with van der Waals surface area (Å²) in [4.78, 5) is 14.8. The van der Waals surface area contributed by atoms with Gasteiger partial charge in [-0.15, -0.1) is 11.3 Å². The van der Waals surface area contributed by atoms with E-state index in [1.54, 1.807) is 17.4 Å². The number of carbonyl (C=O) groups excluding carboxylic acids is 1. The Bertz CT molecular complexity index is 898. The van der Waals surface area contributed by atoms with Gasteiger partial charge < -0.3 is 11.1 Å². The maximum atomic E-state index is 12.5. The van der Waals surface area contributed by atoms with Crippen LogP contribution in [0.4, 0.5) is 0 Å². The van der Waals surface area contributed by atoms with E-state index in [1.165, 1.54) is 10.4 Å². The summed E-state index contributed by atoms with van der Waals surface area (Å²) < 4.78 is 0. The van der Waals surface area contributed by atoms with Crippen LogP contribution in [0.3, 0.4) is 0 Å². The molecule has 24 heavy (non-hydrogen) atoms. The fourth-order valence-electron chi connectivity index (χ4n) is 3.15. The number of fused-ring (bicyclic) bond motifs is 1. The molecule has 0 saturated carbocycles. The van der Waals surface area contributed by atoms with Gasteiger partial charge in [0.1, 0.15) is 0 Å². The quantitative estimate of drug-likeness (QED) is 0.686. The third kappa shape index (κ3) is 2.64. The topological polar surface area (TPSA) is 83.8 Å². The molecule has 0 aliphatic heterocycles. The maximum Gasteiger partial charge on any atom is 0.272 e. The Morgan fingerprint density at radius 1 is 1.33 bits per heavy atom. The van der Waals surface area contributed by atoms with E-state index in [0.717, 1.165) is 22.6 Å². The number of nitrogens with two attached hydrogens (primary N) is 1. The molecule has 1 amide bonds. The molecule has 122 valence electrons. The molecule has 3 aromatic rings. The number of H-pyrrole nitrogens is 1. The molecule has 0 spiro atoms. The summed E-state index contributed by atoms with van der Waals surface area (Å²) in [5, 5.41) is 10.1. The molecule has 5 nitrogen and oxygen atoms in total.